The molecule has 0 aliphatic heterocycles. The van der Waals surface area contributed by atoms with E-state index in [0.717, 1.165) is 5.56 Å². The summed E-state index contributed by atoms with van der Waals surface area (Å²) in [5.41, 5.74) is 0.775. The average molecular weight is 323 g/mol. The molecule has 0 aliphatic carbocycles. The molecule has 0 fully saturated rings. The maximum atomic E-state index is 11.6. The number of nitrogens with one attached hydrogen (secondary N) is 2. The number of rotatable bonds is 6. The molecule has 22 heavy (non-hydrogen) atoms. The van der Waals surface area contributed by atoms with Crippen molar-refractivity contribution in [2.24, 2.45) is 5.14 Å². The van der Waals surface area contributed by atoms with Crippen molar-refractivity contribution in [3.63, 3.8) is 0 Å². The average Bonchev–Trinajstić information content (AvgIpc) is 2.98. The number of hydrogen-bond acceptors (Lipinski definition) is 4. The third-order valence-corrected chi connectivity index (χ3v) is 3.85. The van der Waals surface area contributed by atoms with Crippen molar-refractivity contribution < 1.29 is 13.2 Å². The van der Waals surface area contributed by atoms with Crippen molar-refractivity contribution >= 4 is 16.1 Å². The van der Waals surface area contributed by atoms with Crippen LogP contribution < -0.4 is 15.8 Å². The van der Waals surface area contributed by atoms with E-state index in [1.165, 1.54) is 12.1 Å². The Kier molecular flexibility index (Phi) is 5.12. The van der Waals surface area contributed by atoms with Gasteiger partial charge in [0.25, 0.3) is 0 Å². The second-order valence-corrected chi connectivity index (χ2v) is 6.16. The molecule has 1 aromatic heterocycles. The smallest absolute Gasteiger partial charge is 0.315 e. The molecular weight excluding hydrogens is 306 g/mol. The zero-order valence-electron chi connectivity index (χ0n) is 11.8. The van der Waals surface area contributed by atoms with Crippen LogP contribution in [0.3, 0.4) is 0 Å². The number of amides is 2. The summed E-state index contributed by atoms with van der Waals surface area (Å²) in [6, 6.07) is 5.72. The maximum absolute atomic E-state index is 11.6. The van der Waals surface area contributed by atoms with Crippen LogP contribution in [0, 0.1) is 0 Å². The largest absolute Gasteiger partial charge is 0.336 e. The Morgan fingerprint density at radius 2 is 1.95 bits per heavy atom. The van der Waals surface area contributed by atoms with E-state index in [-0.39, 0.29) is 10.9 Å². The van der Waals surface area contributed by atoms with Crippen LogP contribution in [0.25, 0.3) is 0 Å². The molecule has 1 heterocycles. The van der Waals surface area contributed by atoms with E-state index in [9.17, 15) is 13.2 Å². The van der Waals surface area contributed by atoms with Crippen LogP contribution in [0.5, 0.6) is 0 Å². The second-order valence-electron chi connectivity index (χ2n) is 4.60. The molecule has 2 rings (SSSR count). The van der Waals surface area contributed by atoms with Crippen LogP contribution in [-0.4, -0.2) is 30.5 Å². The number of primary sulfonamides is 1. The molecule has 0 bridgehead atoms. The first-order valence-electron chi connectivity index (χ1n) is 6.54. The van der Waals surface area contributed by atoms with Gasteiger partial charge in [-0.1, -0.05) is 12.1 Å². The molecule has 8 nitrogen and oxygen atoms in total. The Bertz CT molecular complexity index is 711. The minimum atomic E-state index is -3.69. The molecule has 0 saturated heterocycles. The van der Waals surface area contributed by atoms with Crippen molar-refractivity contribution in [1.29, 1.82) is 0 Å². The van der Waals surface area contributed by atoms with Crippen LogP contribution in [0.1, 0.15) is 5.56 Å². The first-order valence-corrected chi connectivity index (χ1v) is 8.09. The topological polar surface area (TPSA) is 119 Å². The van der Waals surface area contributed by atoms with Crippen molar-refractivity contribution in [3.05, 3.63) is 48.5 Å². The van der Waals surface area contributed by atoms with Gasteiger partial charge in [0, 0.05) is 32.0 Å². The lowest BCUT2D eigenvalue weighted by Crippen LogP contribution is -2.36. The Morgan fingerprint density at radius 3 is 2.55 bits per heavy atom. The van der Waals surface area contributed by atoms with Gasteiger partial charge in [-0.05, 0) is 17.7 Å². The lowest BCUT2D eigenvalue weighted by molar-refractivity contribution is 0.240. The standard InChI is InChI=1S/C13H17N5O3S/c14-22(20,21)12-3-1-11(2-4-12)9-17-13(19)16-6-8-18-7-5-15-10-18/h1-5,7,10H,6,8-9H2,(H2,14,20,21)(H2,16,17,19). The van der Waals surface area contributed by atoms with Gasteiger partial charge in [0.05, 0.1) is 11.2 Å². The van der Waals surface area contributed by atoms with Crippen molar-refractivity contribution in [1.82, 2.24) is 20.2 Å². The van der Waals surface area contributed by atoms with E-state index < -0.39 is 10.0 Å². The van der Waals surface area contributed by atoms with Gasteiger partial charge >= 0.3 is 6.03 Å². The molecule has 0 aliphatic rings. The third-order valence-electron chi connectivity index (χ3n) is 2.92. The molecule has 118 valence electrons. The molecule has 2 amide bonds. The molecule has 0 unspecified atom stereocenters. The fourth-order valence-electron chi connectivity index (χ4n) is 1.76. The van der Waals surface area contributed by atoms with E-state index in [1.54, 1.807) is 24.7 Å². The van der Waals surface area contributed by atoms with E-state index in [0.29, 0.717) is 19.6 Å². The Balaban J connectivity index is 1.74. The monoisotopic (exact) mass is 323 g/mol. The summed E-state index contributed by atoms with van der Waals surface area (Å²) < 4.78 is 24.1. The third kappa shape index (κ3) is 4.86. The van der Waals surface area contributed by atoms with Gasteiger partial charge in [0.1, 0.15) is 0 Å². The fraction of sp³-hybridized carbons (Fsp3) is 0.231. The van der Waals surface area contributed by atoms with Crippen LogP contribution in [0.2, 0.25) is 0 Å². The molecule has 0 radical (unpaired) electrons. The molecule has 1 aromatic carbocycles. The molecule has 2 aromatic rings. The van der Waals surface area contributed by atoms with Crippen molar-refractivity contribution in [3.8, 4) is 0 Å². The summed E-state index contributed by atoms with van der Waals surface area (Å²) in [6.07, 6.45) is 5.16. The molecule has 9 heteroatoms. The van der Waals surface area contributed by atoms with Crippen molar-refractivity contribution in [2.75, 3.05) is 6.54 Å². The highest BCUT2D eigenvalue weighted by Gasteiger charge is 2.07. The zero-order valence-corrected chi connectivity index (χ0v) is 12.6. The van der Waals surface area contributed by atoms with Crippen LogP contribution in [0.4, 0.5) is 4.79 Å². The van der Waals surface area contributed by atoms with Crippen LogP contribution >= 0.6 is 0 Å². The summed E-state index contributed by atoms with van der Waals surface area (Å²) in [7, 11) is -3.69. The predicted octanol–water partition coefficient (Wildman–Crippen LogP) is 0.0299. The van der Waals surface area contributed by atoms with Gasteiger partial charge < -0.3 is 15.2 Å². The minimum Gasteiger partial charge on any atom is -0.336 e. The minimum absolute atomic E-state index is 0.0426. The number of sulfonamides is 1. The number of hydrogen-bond donors (Lipinski definition) is 3. The SMILES string of the molecule is NS(=O)(=O)c1ccc(CNC(=O)NCCn2ccnc2)cc1. The lowest BCUT2D eigenvalue weighted by Gasteiger charge is -2.08. The Hall–Kier alpha value is -2.39. The van der Waals surface area contributed by atoms with Gasteiger partial charge in [-0.15, -0.1) is 0 Å². The second kappa shape index (κ2) is 7.05. The highest BCUT2D eigenvalue weighted by molar-refractivity contribution is 7.89. The number of urea groups is 1. The summed E-state index contributed by atoms with van der Waals surface area (Å²) >= 11 is 0. The normalized spacial score (nSPS) is 11.1. The van der Waals surface area contributed by atoms with Gasteiger partial charge in [-0.25, -0.2) is 23.3 Å². The van der Waals surface area contributed by atoms with E-state index >= 15 is 0 Å². The quantitative estimate of drug-likeness (QED) is 0.694. The van der Waals surface area contributed by atoms with Gasteiger partial charge in [0.15, 0.2) is 0 Å². The van der Waals surface area contributed by atoms with E-state index in [1.807, 2.05) is 10.8 Å². The number of benzene rings is 1. The molecule has 0 atom stereocenters. The number of nitrogens with two attached hydrogens (primary N) is 1. The molecule has 4 N–H and O–H groups in total. The zero-order chi connectivity index (χ0) is 16.0. The molecular formula is C13H17N5O3S. The number of carbonyl (C=O) groups excluding carboxylic acids is 1. The number of nitrogens with zero attached hydrogens (tertiary/aromatic N) is 2. The first kappa shape index (κ1) is 16.0. The Labute approximate surface area is 128 Å². The lowest BCUT2D eigenvalue weighted by atomic mass is 10.2. The van der Waals surface area contributed by atoms with E-state index in [4.69, 9.17) is 5.14 Å². The Morgan fingerprint density at radius 1 is 1.23 bits per heavy atom. The van der Waals surface area contributed by atoms with Gasteiger partial charge in [-0.3, -0.25) is 0 Å². The predicted molar refractivity (Wildman–Crippen MR) is 80.3 cm³/mol. The van der Waals surface area contributed by atoms with Gasteiger partial charge in [0.2, 0.25) is 10.0 Å². The highest BCUT2D eigenvalue weighted by Crippen LogP contribution is 2.08. The number of imidazole rings is 1. The summed E-state index contributed by atoms with van der Waals surface area (Å²) in [6.45, 7) is 1.41. The summed E-state index contributed by atoms with van der Waals surface area (Å²) in [5, 5.41) is 10.4. The van der Waals surface area contributed by atoms with E-state index in [2.05, 4.69) is 15.6 Å². The highest BCUT2D eigenvalue weighted by atomic mass is 32.2. The molecule has 0 spiro atoms. The van der Waals surface area contributed by atoms with Gasteiger partial charge in [-0.2, -0.15) is 0 Å². The van der Waals surface area contributed by atoms with Crippen LogP contribution in [-0.2, 0) is 23.1 Å². The first-order chi connectivity index (χ1) is 10.4. The summed E-state index contributed by atoms with van der Waals surface area (Å²) in [4.78, 5) is 15.6. The summed E-state index contributed by atoms with van der Waals surface area (Å²) in [5.74, 6) is 0. The molecule has 0 saturated carbocycles. The number of carbonyl (C=O) groups is 1. The maximum Gasteiger partial charge on any atom is 0.315 e. The number of aromatic nitrogens is 2. The van der Waals surface area contributed by atoms with Crippen molar-refractivity contribution in [2.45, 2.75) is 18.0 Å². The van der Waals surface area contributed by atoms with Crippen LogP contribution in [0.15, 0.2) is 47.9 Å². The fourth-order valence-corrected chi connectivity index (χ4v) is 2.27.